The van der Waals surface area contributed by atoms with E-state index in [1.54, 1.807) is 6.20 Å². The van der Waals surface area contributed by atoms with Gasteiger partial charge in [-0.3, -0.25) is 0 Å². The fraction of sp³-hybridized carbons (Fsp3) is 0.357. The minimum atomic E-state index is -0.0432. The van der Waals surface area contributed by atoms with Gasteiger partial charge in [-0.1, -0.05) is 23.7 Å². The maximum Gasteiger partial charge on any atom is 0.321 e. The summed E-state index contributed by atoms with van der Waals surface area (Å²) < 4.78 is 0. The van der Waals surface area contributed by atoms with Gasteiger partial charge in [0.15, 0.2) is 0 Å². The van der Waals surface area contributed by atoms with E-state index in [1.807, 2.05) is 35.2 Å². The molecular weight excluding hydrogens is 262 g/mol. The molecule has 4 nitrogen and oxygen atoms in total. The SMILES string of the molecule is CN1CCN(C(=O)N/C=C/c2ccc(Cl)cc2)CC1. The lowest BCUT2D eigenvalue weighted by molar-refractivity contribution is 0.157. The summed E-state index contributed by atoms with van der Waals surface area (Å²) in [5, 5.41) is 3.49. The Hall–Kier alpha value is -1.52. The first-order valence-electron chi connectivity index (χ1n) is 6.31. The Labute approximate surface area is 118 Å². The lowest BCUT2D eigenvalue weighted by Crippen LogP contribution is -2.49. The van der Waals surface area contributed by atoms with Gasteiger partial charge in [0.25, 0.3) is 0 Å². The maximum absolute atomic E-state index is 11.9. The molecular formula is C14H18ClN3O. The molecule has 0 atom stereocenters. The molecule has 2 rings (SSSR count). The molecule has 1 saturated heterocycles. The van der Waals surface area contributed by atoms with Crippen molar-refractivity contribution < 1.29 is 4.79 Å². The van der Waals surface area contributed by atoms with Crippen molar-refractivity contribution in [3.8, 4) is 0 Å². The molecule has 0 aromatic heterocycles. The quantitative estimate of drug-likeness (QED) is 0.901. The van der Waals surface area contributed by atoms with Crippen LogP contribution in [-0.4, -0.2) is 49.1 Å². The van der Waals surface area contributed by atoms with Crippen LogP contribution in [-0.2, 0) is 0 Å². The molecule has 102 valence electrons. The molecule has 0 spiro atoms. The summed E-state index contributed by atoms with van der Waals surface area (Å²) in [5.74, 6) is 0. The summed E-state index contributed by atoms with van der Waals surface area (Å²) in [6, 6.07) is 7.41. The topological polar surface area (TPSA) is 35.6 Å². The second kappa shape index (κ2) is 6.59. The predicted octanol–water partition coefficient (Wildman–Crippen LogP) is 2.27. The molecule has 1 aliphatic rings. The van der Waals surface area contributed by atoms with Gasteiger partial charge in [-0.15, -0.1) is 0 Å². The van der Waals surface area contributed by atoms with Crippen LogP contribution < -0.4 is 5.32 Å². The second-order valence-electron chi connectivity index (χ2n) is 4.62. The van der Waals surface area contributed by atoms with E-state index in [0.29, 0.717) is 5.02 Å². The smallest absolute Gasteiger partial charge is 0.321 e. The van der Waals surface area contributed by atoms with Gasteiger partial charge < -0.3 is 15.1 Å². The number of urea groups is 1. The van der Waals surface area contributed by atoms with Gasteiger partial charge in [-0.05, 0) is 30.8 Å². The number of carbonyl (C=O) groups excluding carboxylic acids is 1. The van der Waals surface area contributed by atoms with Gasteiger partial charge in [0.05, 0.1) is 0 Å². The van der Waals surface area contributed by atoms with Crippen molar-refractivity contribution in [2.24, 2.45) is 0 Å². The first kappa shape index (κ1) is 13.9. The van der Waals surface area contributed by atoms with Crippen LogP contribution in [0.15, 0.2) is 30.5 Å². The predicted molar refractivity (Wildman–Crippen MR) is 78.1 cm³/mol. The molecule has 1 aromatic rings. The van der Waals surface area contributed by atoms with Crippen molar-refractivity contribution in [1.29, 1.82) is 0 Å². The third-order valence-corrected chi connectivity index (χ3v) is 3.40. The van der Waals surface area contributed by atoms with Crippen LogP contribution >= 0.6 is 11.6 Å². The third-order valence-electron chi connectivity index (χ3n) is 3.14. The monoisotopic (exact) mass is 279 g/mol. The fourth-order valence-corrected chi connectivity index (χ4v) is 2.01. The Morgan fingerprint density at radius 1 is 1.21 bits per heavy atom. The van der Waals surface area contributed by atoms with E-state index in [-0.39, 0.29) is 6.03 Å². The van der Waals surface area contributed by atoms with Crippen molar-refractivity contribution in [2.75, 3.05) is 33.2 Å². The fourth-order valence-electron chi connectivity index (χ4n) is 1.88. The number of carbonyl (C=O) groups is 1. The number of hydrogen-bond acceptors (Lipinski definition) is 2. The molecule has 0 radical (unpaired) electrons. The van der Waals surface area contributed by atoms with Crippen LogP contribution in [0.5, 0.6) is 0 Å². The molecule has 2 amide bonds. The van der Waals surface area contributed by atoms with E-state index in [1.165, 1.54) is 0 Å². The normalized spacial score (nSPS) is 16.8. The molecule has 0 aliphatic carbocycles. The van der Waals surface area contributed by atoms with Crippen LogP contribution in [0.4, 0.5) is 4.79 Å². The molecule has 19 heavy (non-hydrogen) atoms. The van der Waals surface area contributed by atoms with E-state index in [4.69, 9.17) is 11.6 Å². The van der Waals surface area contributed by atoms with Gasteiger partial charge in [-0.2, -0.15) is 0 Å². The standard InChI is InChI=1S/C14H18ClN3O/c1-17-8-10-18(11-9-17)14(19)16-7-6-12-2-4-13(15)5-3-12/h2-7H,8-11H2,1H3,(H,16,19)/b7-6+. The lowest BCUT2D eigenvalue weighted by Gasteiger charge is -2.31. The summed E-state index contributed by atoms with van der Waals surface area (Å²) in [6.07, 6.45) is 3.52. The Bertz CT molecular complexity index is 450. The van der Waals surface area contributed by atoms with E-state index in [0.717, 1.165) is 31.7 Å². The molecule has 1 aromatic carbocycles. The molecule has 0 unspecified atom stereocenters. The highest BCUT2D eigenvalue weighted by atomic mass is 35.5. The second-order valence-corrected chi connectivity index (χ2v) is 5.06. The van der Waals surface area contributed by atoms with Gasteiger partial charge in [0, 0.05) is 37.4 Å². The summed E-state index contributed by atoms with van der Waals surface area (Å²) in [6.45, 7) is 3.40. The van der Waals surface area contributed by atoms with Gasteiger partial charge >= 0.3 is 6.03 Å². The Morgan fingerprint density at radius 2 is 1.84 bits per heavy atom. The van der Waals surface area contributed by atoms with E-state index >= 15 is 0 Å². The van der Waals surface area contributed by atoms with Crippen molar-refractivity contribution in [1.82, 2.24) is 15.1 Å². The number of amides is 2. The zero-order valence-electron chi connectivity index (χ0n) is 11.0. The summed E-state index contributed by atoms with van der Waals surface area (Å²) in [5.41, 5.74) is 1.00. The molecule has 1 fully saturated rings. The van der Waals surface area contributed by atoms with E-state index in [2.05, 4.69) is 17.3 Å². The molecule has 0 saturated carbocycles. The number of nitrogens with zero attached hydrogens (tertiary/aromatic N) is 2. The van der Waals surface area contributed by atoms with Crippen LogP contribution in [0.1, 0.15) is 5.56 Å². The highest BCUT2D eigenvalue weighted by molar-refractivity contribution is 6.30. The zero-order chi connectivity index (χ0) is 13.7. The van der Waals surface area contributed by atoms with Crippen LogP contribution in [0.3, 0.4) is 0 Å². The van der Waals surface area contributed by atoms with Gasteiger partial charge in [0.1, 0.15) is 0 Å². The molecule has 5 heteroatoms. The Balaban J connectivity index is 1.81. The Morgan fingerprint density at radius 3 is 2.47 bits per heavy atom. The van der Waals surface area contributed by atoms with Crippen molar-refractivity contribution in [3.05, 3.63) is 41.1 Å². The third kappa shape index (κ3) is 4.26. The number of rotatable bonds is 2. The van der Waals surface area contributed by atoms with E-state index < -0.39 is 0 Å². The first-order valence-corrected chi connectivity index (χ1v) is 6.69. The largest absolute Gasteiger partial charge is 0.322 e. The minimum absolute atomic E-state index is 0.0432. The number of benzene rings is 1. The minimum Gasteiger partial charge on any atom is -0.322 e. The average Bonchev–Trinajstić information content (AvgIpc) is 2.41. The number of piperazine rings is 1. The van der Waals surface area contributed by atoms with Crippen molar-refractivity contribution in [3.63, 3.8) is 0 Å². The average molecular weight is 280 g/mol. The number of likely N-dealkylation sites (N-methyl/N-ethyl adjacent to an activating group) is 1. The highest BCUT2D eigenvalue weighted by Crippen LogP contribution is 2.10. The molecule has 0 bridgehead atoms. The summed E-state index contributed by atoms with van der Waals surface area (Å²) in [4.78, 5) is 15.9. The molecule has 1 heterocycles. The summed E-state index contributed by atoms with van der Waals surface area (Å²) in [7, 11) is 2.07. The van der Waals surface area contributed by atoms with Crippen molar-refractivity contribution in [2.45, 2.75) is 0 Å². The van der Waals surface area contributed by atoms with Crippen molar-refractivity contribution >= 4 is 23.7 Å². The highest BCUT2D eigenvalue weighted by Gasteiger charge is 2.17. The number of nitrogens with one attached hydrogen (secondary N) is 1. The van der Waals surface area contributed by atoms with Crippen LogP contribution in [0.2, 0.25) is 5.02 Å². The zero-order valence-corrected chi connectivity index (χ0v) is 11.7. The maximum atomic E-state index is 11.9. The van der Waals surface area contributed by atoms with E-state index in [9.17, 15) is 4.79 Å². The Kier molecular flexibility index (Phi) is 4.82. The summed E-state index contributed by atoms with van der Waals surface area (Å²) >= 11 is 5.81. The first-order chi connectivity index (χ1) is 9.15. The van der Waals surface area contributed by atoms with Crippen LogP contribution in [0.25, 0.3) is 6.08 Å². The number of hydrogen-bond donors (Lipinski definition) is 1. The number of halogens is 1. The van der Waals surface area contributed by atoms with Gasteiger partial charge in [-0.25, -0.2) is 4.79 Å². The van der Waals surface area contributed by atoms with Crippen LogP contribution in [0, 0.1) is 0 Å². The lowest BCUT2D eigenvalue weighted by atomic mass is 10.2. The molecule has 1 N–H and O–H groups in total. The van der Waals surface area contributed by atoms with Gasteiger partial charge in [0.2, 0.25) is 0 Å². The molecule has 1 aliphatic heterocycles.